The Labute approximate surface area is 191 Å². The van der Waals surface area contributed by atoms with E-state index in [0.717, 1.165) is 57.2 Å². The Bertz CT molecular complexity index is 769. The van der Waals surface area contributed by atoms with Crippen LogP contribution in [0.25, 0.3) is 0 Å². The van der Waals surface area contributed by atoms with Crippen LogP contribution in [0.15, 0.2) is 41.8 Å². The molecule has 0 spiro atoms. The highest BCUT2D eigenvalue weighted by atomic mass is 127. The molecule has 0 atom stereocenters. The third-order valence-electron chi connectivity index (χ3n) is 5.19. The van der Waals surface area contributed by atoms with Gasteiger partial charge in [-0.25, -0.2) is 4.98 Å². The lowest BCUT2D eigenvalue weighted by atomic mass is 10.1. The number of halogens is 1. The van der Waals surface area contributed by atoms with Crippen molar-refractivity contribution in [3.8, 4) is 0 Å². The molecule has 0 aliphatic carbocycles. The first kappa shape index (κ1) is 23.4. The van der Waals surface area contributed by atoms with Crippen molar-refractivity contribution in [3.05, 3.63) is 53.5 Å². The molecule has 0 radical (unpaired) electrons. The van der Waals surface area contributed by atoms with Crippen LogP contribution in [0, 0.1) is 13.8 Å². The second kappa shape index (κ2) is 11.9. The number of rotatable bonds is 6. The molecular weight excluding hydrogens is 475 g/mol. The van der Waals surface area contributed by atoms with Gasteiger partial charge in [0.1, 0.15) is 5.82 Å². The van der Waals surface area contributed by atoms with Gasteiger partial charge < -0.3 is 15.5 Å². The van der Waals surface area contributed by atoms with Gasteiger partial charge in [0.15, 0.2) is 5.96 Å². The summed E-state index contributed by atoms with van der Waals surface area (Å²) in [5.41, 5.74) is 3.75. The topological polar surface area (TPSA) is 65.4 Å². The van der Waals surface area contributed by atoms with Crippen molar-refractivity contribution < 1.29 is 0 Å². The van der Waals surface area contributed by atoms with Crippen molar-refractivity contribution >= 4 is 35.8 Å². The average Bonchev–Trinajstić information content (AvgIpc) is 2.71. The van der Waals surface area contributed by atoms with Crippen molar-refractivity contribution in [1.82, 2.24) is 20.6 Å². The highest BCUT2D eigenvalue weighted by Crippen LogP contribution is 2.18. The maximum atomic E-state index is 4.78. The Balaban J connectivity index is 0.00000300. The van der Waals surface area contributed by atoms with Crippen molar-refractivity contribution in [3.63, 3.8) is 0 Å². The molecule has 2 N–H and O–H groups in total. The van der Waals surface area contributed by atoms with Crippen LogP contribution in [0.5, 0.6) is 0 Å². The number of hydrogen-bond donors (Lipinski definition) is 2. The number of guanidine groups is 1. The number of nitrogens with zero attached hydrogens (tertiary/aromatic N) is 4. The number of anilines is 1. The second-order valence-corrected chi connectivity index (χ2v) is 7.41. The lowest BCUT2D eigenvalue weighted by Gasteiger charge is -2.33. The first-order valence-electron chi connectivity index (χ1n) is 10.3. The summed E-state index contributed by atoms with van der Waals surface area (Å²) >= 11 is 0. The number of hydrogen-bond acceptors (Lipinski definition) is 4. The largest absolute Gasteiger partial charge is 0.357 e. The summed E-state index contributed by atoms with van der Waals surface area (Å²) in [5, 5.41) is 7.00. The van der Waals surface area contributed by atoms with Gasteiger partial charge in [0.05, 0.1) is 0 Å². The Kier molecular flexibility index (Phi) is 9.63. The fraction of sp³-hybridized carbons (Fsp3) is 0.500. The van der Waals surface area contributed by atoms with E-state index in [0.29, 0.717) is 6.04 Å². The Hall–Kier alpha value is -1.90. The molecule has 0 amide bonds. The summed E-state index contributed by atoms with van der Waals surface area (Å²) in [6, 6.07) is 6.78. The zero-order chi connectivity index (χ0) is 19.8. The Morgan fingerprint density at radius 1 is 1.17 bits per heavy atom. The summed E-state index contributed by atoms with van der Waals surface area (Å²) in [5.74, 6) is 2.00. The molecule has 0 aromatic carbocycles. The zero-order valence-electron chi connectivity index (χ0n) is 17.7. The van der Waals surface area contributed by atoms with Gasteiger partial charge in [0.2, 0.25) is 0 Å². The van der Waals surface area contributed by atoms with E-state index in [-0.39, 0.29) is 24.0 Å². The van der Waals surface area contributed by atoms with Gasteiger partial charge in [-0.3, -0.25) is 9.98 Å². The molecule has 29 heavy (non-hydrogen) atoms. The van der Waals surface area contributed by atoms with Crippen LogP contribution < -0.4 is 15.5 Å². The molecule has 1 fully saturated rings. The van der Waals surface area contributed by atoms with Gasteiger partial charge >= 0.3 is 0 Å². The van der Waals surface area contributed by atoms with Gasteiger partial charge in [-0.2, -0.15) is 0 Å². The summed E-state index contributed by atoms with van der Waals surface area (Å²) in [4.78, 5) is 15.9. The van der Waals surface area contributed by atoms with E-state index >= 15 is 0 Å². The molecule has 0 unspecified atom stereocenters. The van der Waals surface area contributed by atoms with Gasteiger partial charge in [0, 0.05) is 50.8 Å². The van der Waals surface area contributed by atoms with E-state index in [9.17, 15) is 0 Å². The standard InChI is InChI=1S/C22H32N6.HI/c1-4-24-22(25-12-8-19-7-11-23-16-18(19)3)27-20-9-13-28(14-10-20)21-6-5-17(2)15-26-21;/h5-7,11,15-16,20H,4,8-10,12-14H2,1-3H3,(H2,24,25,27);1H. The minimum atomic E-state index is 0. The van der Waals surface area contributed by atoms with E-state index < -0.39 is 0 Å². The number of piperidine rings is 1. The maximum Gasteiger partial charge on any atom is 0.191 e. The molecule has 3 rings (SSSR count). The first-order chi connectivity index (χ1) is 13.7. The predicted molar refractivity (Wildman–Crippen MR) is 131 cm³/mol. The first-order valence-corrected chi connectivity index (χ1v) is 10.3. The third kappa shape index (κ3) is 7.13. The lowest BCUT2D eigenvalue weighted by Crippen LogP contribution is -2.49. The molecule has 0 saturated carbocycles. The highest BCUT2D eigenvalue weighted by molar-refractivity contribution is 14.0. The summed E-state index contributed by atoms with van der Waals surface area (Å²) < 4.78 is 0. The van der Waals surface area contributed by atoms with E-state index in [4.69, 9.17) is 4.99 Å². The van der Waals surface area contributed by atoms with Gasteiger partial charge in [-0.1, -0.05) is 6.07 Å². The van der Waals surface area contributed by atoms with Crippen molar-refractivity contribution in [2.75, 3.05) is 31.1 Å². The minimum absolute atomic E-state index is 0. The van der Waals surface area contributed by atoms with E-state index in [1.165, 1.54) is 16.7 Å². The Morgan fingerprint density at radius 3 is 2.62 bits per heavy atom. The van der Waals surface area contributed by atoms with Gasteiger partial charge in [0.25, 0.3) is 0 Å². The maximum absolute atomic E-state index is 4.78. The average molecular weight is 508 g/mol. The number of aryl methyl sites for hydroxylation is 2. The minimum Gasteiger partial charge on any atom is -0.357 e. The lowest BCUT2D eigenvalue weighted by molar-refractivity contribution is 0.459. The van der Waals surface area contributed by atoms with Crippen LogP contribution in [-0.4, -0.2) is 48.1 Å². The summed E-state index contributed by atoms with van der Waals surface area (Å²) in [6.45, 7) is 9.96. The number of nitrogens with one attached hydrogen (secondary N) is 2. The van der Waals surface area contributed by atoms with E-state index in [1.54, 1.807) is 0 Å². The molecule has 2 aromatic heterocycles. The molecule has 2 aromatic rings. The number of aromatic nitrogens is 2. The molecule has 7 heteroatoms. The van der Waals surface area contributed by atoms with Crippen LogP contribution in [0.3, 0.4) is 0 Å². The SMILES string of the molecule is CCNC(=NCCc1ccncc1C)NC1CCN(c2ccc(C)cn2)CC1.I. The van der Waals surface area contributed by atoms with Crippen LogP contribution >= 0.6 is 24.0 Å². The monoisotopic (exact) mass is 508 g/mol. The normalized spacial score (nSPS) is 15.0. The molecule has 1 aliphatic rings. The van der Waals surface area contributed by atoms with Crippen molar-refractivity contribution in [2.45, 2.75) is 46.1 Å². The van der Waals surface area contributed by atoms with Crippen molar-refractivity contribution in [2.24, 2.45) is 4.99 Å². The fourth-order valence-corrected chi connectivity index (χ4v) is 3.48. The van der Waals surface area contributed by atoms with Crippen LogP contribution in [0.2, 0.25) is 0 Å². The number of pyridine rings is 2. The summed E-state index contributed by atoms with van der Waals surface area (Å²) in [7, 11) is 0. The molecule has 1 aliphatic heterocycles. The fourth-order valence-electron chi connectivity index (χ4n) is 3.48. The Morgan fingerprint density at radius 2 is 1.97 bits per heavy atom. The van der Waals surface area contributed by atoms with E-state index in [1.807, 2.05) is 18.6 Å². The smallest absolute Gasteiger partial charge is 0.191 e. The van der Waals surface area contributed by atoms with Crippen molar-refractivity contribution in [1.29, 1.82) is 0 Å². The molecular formula is C22H33IN6. The molecule has 1 saturated heterocycles. The molecule has 158 valence electrons. The van der Waals surface area contributed by atoms with Crippen LogP contribution in [-0.2, 0) is 6.42 Å². The molecule has 6 nitrogen and oxygen atoms in total. The number of aliphatic imine (C=N–C) groups is 1. The second-order valence-electron chi connectivity index (χ2n) is 7.41. The summed E-state index contributed by atoms with van der Waals surface area (Å²) in [6.07, 6.45) is 8.82. The van der Waals surface area contributed by atoms with Crippen LogP contribution in [0.1, 0.15) is 36.5 Å². The molecule has 0 bridgehead atoms. The van der Waals surface area contributed by atoms with E-state index in [2.05, 4.69) is 64.5 Å². The third-order valence-corrected chi connectivity index (χ3v) is 5.19. The molecule has 3 heterocycles. The predicted octanol–water partition coefficient (Wildman–Crippen LogP) is 3.48. The quantitative estimate of drug-likeness (QED) is 0.356. The van der Waals surface area contributed by atoms with Crippen LogP contribution in [0.4, 0.5) is 5.82 Å². The highest BCUT2D eigenvalue weighted by Gasteiger charge is 2.20. The zero-order valence-corrected chi connectivity index (χ0v) is 20.0. The van der Waals surface area contributed by atoms with Gasteiger partial charge in [-0.05, 0) is 68.9 Å². The van der Waals surface area contributed by atoms with Gasteiger partial charge in [-0.15, -0.1) is 24.0 Å².